The molecule has 1 aromatic heterocycles. The first kappa shape index (κ1) is 22.5. The zero-order valence-corrected chi connectivity index (χ0v) is 18.9. The van der Waals surface area contributed by atoms with Crippen molar-refractivity contribution in [1.82, 2.24) is 20.0 Å². The number of nitrogens with zero attached hydrogens (tertiary/aromatic N) is 4. The highest BCUT2D eigenvalue weighted by molar-refractivity contribution is 5.76. The minimum absolute atomic E-state index is 0.151. The van der Waals surface area contributed by atoms with Crippen molar-refractivity contribution in [1.29, 1.82) is 0 Å². The molecule has 0 spiro atoms. The van der Waals surface area contributed by atoms with Gasteiger partial charge in [-0.25, -0.2) is 0 Å². The molecule has 1 aliphatic rings. The summed E-state index contributed by atoms with van der Waals surface area (Å²) in [4.78, 5) is 17.0. The second kappa shape index (κ2) is 10.7. The number of carbonyl (C=O) groups excluding carboxylic acids is 1. The van der Waals surface area contributed by atoms with Crippen LogP contribution in [0.3, 0.4) is 0 Å². The molecule has 0 saturated carbocycles. The maximum absolute atomic E-state index is 12.6. The third-order valence-electron chi connectivity index (χ3n) is 5.79. The van der Waals surface area contributed by atoms with Gasteiger partial charge in [0.15, 0.2) is 0 Å². The fraction of sp³-hybridized carbons (Fsp3) is 0.625. The summed E-state index contributed by atoms with van der Waals surface area (Å²) in [6.07, 6.45) is 3.89. The molecule has 0 atom stereocenters. The van der Waals surface area contributed by atoms with Gasteiger partial charge in [-0.05, 0) is 50.3 Å². The number of aryl methyl sites for hydroxylation is 2. The molecule has 164 valence electrons. The molecule has 1 fully saturated rings. The first-order valence-electron chi connectivity index (χ1n) is 11.2. The monoisotopic (exact) mass is 412 g/mol. The predicted octanol–water partition coefficient (Wildman–Crippen LogP) is 3.73. The summed E-state index contributed by atoms with van der Waals surface area (Å²) < 4.78 is 5.75. The second-order valence-corrected chi connectivity index (χ2v) is 9.17. The number of piperidine rings is 1. The quantitative estimate of drug-likeness (QED) is 0.628. The van der Waals surface area contributed by atoms with Crippen LogP contribution in [0.15, 0.2) is 28.7 Å². The molecule has 30 heavy (non-hydrogen) atoms. The van der Waals surface area contributed by atoms with Gasteiger partial charge in [0.05, 0.1) is 6.42 Å². The number of hydrogen-bond acceptors (Lipinski definition) is 5. The fourth-order valence-corrected chi connectivity index (χ4v) is 4.22. The molecule has 0 radical (unpaired) electrons. The molecule has 3 rings (SSSR count). The molecule has 6 heteroatoms. The van der Waals surface area contributed by atoms with Crippen LogP contribution < -0.4 is 0 Å². The molecular formula is C24H36N4O2. The minimum atomic E-state index is 0.151. The Labute approximate surface area is 180 Å². The fourth-order valence-electron chi connectivity index (χ4n) is 4.22. The Kier molecular flexibility index (Phi) is 8.02. The Balaban J connectivity index is 1.39. The third kappa shape index (κ3) is 6.94. The summed E-state index contributed by atoms with van der Waals surface area (Å²) >= 11 is 0. The third-order valence-corrected chi connectivity index (χ3v) is 5.79. The molecule has 0 unspecified atom stereocenters. The summed E-state index contributed by atoms with van der Waals surface area (Å²) in [6, 6.07) is 8.28. The van der Waals surface area contributed by atoms with E-state index < -0.39 is 0 Å². The Bertz CT molecular complexity index is 809. The summed E-state index contributed by atoms with van der Waals surface area (Å²) in [5.41, 5.74) is 2.37. The van der Waals surface area contributed by atoms with Gasteiger partial charge in [-0.1, -0.05) is 43.7 Å². The van der Waals surface area contributed by atoms with E-state index >= 15 is 0 Å². The largest absolute Gasteiger partial charge is 0.425 e. The van der Waals surface area contributed by atoms with Crippen molar-refractivity contribution < 1.29 is 9.21 Å². The number of hydrogen-bond donors (Lipinski definition) is 0. The molecular weight excluding hydrogens is 376 g/mol. The molecule has 1 aromatic carbocycles. The number of benzene rings is 1. The SMILES string of the molecule is Cc1cccc(Cc2nnc(CCC(=O)N(C)CC3CCN(CC(C)C)CC3)o2)c1. The zero-order valence-electron chi connectivity index (χ0n) is 18.9. The van der Waals surface area contributed by atoms with Gasteiger partial charge >= 0.3 is 0 Å². The van der Waals surface area contributed by atoms with E-state index in [1.54, 1.807) is 0 Å². The average molecular weight is 413 g/mol. The zero-order chi connectivity index (χ0) is 21.5. The van der Waals surface area contributed by atoms with Gasteiger partial charge < -0.3 is 14.2 Å². The van der Waals surface area contributed by atoms with Crippen LogP contribution in [0, 0.1) is 18.8 Å². The standard InChI is InChI=1S/C24H36N4O2/c1-18(2)16-28-12-10-20(11-13-28)17-27(4)24(29)9-8-22-25-26-23(30-22)15-21-7-5-6-19(3)14-21/h5-7,14,18,20H,8-13,15-17H2,1-4H3. The van der Waals surface area contributed by atoms with Crippen molar-refractivity contribution in [3.05, 3.63) is 47.2 Å². The van der Waals surface area contributed by atoms with Gasteiger partial charge in [0, 0.05) is 33.0 Å². The van der Waals surface area contributed by atoms with Gasteiger partial charge in [0.25, 0.3) is 0 Å². The van der Waals surface area contributed by atoms with Crippen molar-refractivity contribution in [3.63, 3.8) is 0 Å². The van der Waals surface area contributed by atoms with Crippen LogP contribution in [0.2, 0.25) is 0 Å². The van der Waals surface area contributed by atoms with E-state index in [4.69, 9.17) is 4.42 Å². The van der Waals surface area contributed by atoms with Crippen LogP contribution in [-0.4, -0.2) is 59.1 Å². The van der Waals surface area contributed by atoms with E-state index in [1.807, 2.05) is 18.0 Å². The maximum Gasteiger partial charge on any atom is 0.222 e. The first-order chi connectivity index (χ1) is 14.4. The van der Waals surface area contributed by atoms with Crippen molar-refractivity contribution in [2.75, 3.05) is 33.2 Å². The topological polar surface area (TPSA) is 62.5 Å². The van der Waals surface area contributed by atoms with E-state index in [-0.39, 0.29) is 5.91 Å². The van der Waals surface area contributed by atoms with Crippen molar-refractivity contribution in [2.24, 2.45) is 11.8 Å². The maximum atomic E-state index is 12.6. The molecule has 2 heterocycles. The van der Waals surface area contributed by atoms with Crippen molar-refractivity contribution in [3.8, 4) is 0 Å². The molecule has 2 aromatic rings. The molecule has 1 amide bonds. The first-order valence-corrected chi connectivity index (χ1v) is 11.2. The van der Waals surface area contributed by atoms with Gasteiger partial charge in [-0.2, -0.15) is 0 Å². The molecule has 1 saturated heterocycles. The minimum Gasteiger partial charge on any atom is -0.425 e. The molecule has 0 N–H and O–H groups in total. The van der Waals surface area contributed by atoms with E-state index in [0.717, 1.165) is 25.2 Å². The van der Waals surface area contributed by atoms with Crippen LogP contribution in [0.1, 0.15) is 56.0 Å². The molecule has 1 aliphatic heterocycles. The number of amides is 1. The lowest BCUT2D eigenvalue weighted by molar-refractivity contribution is -0.130. The number of carbonyl (C=O) groups is 1. The van der Waals surface area contributed by atoms with Gasteiger partial charge in [0.1, 0.15) is 0 Å². The second-order valence-electron chi connectivity index (χ2n) is 9.17. The highest BCUT2D eigenvalue weighted by atomic mass is 16.4. The summed E-state index contributed by atoms with van der Waals surface area (Å²) in [6.45, 7) is 10.9. The van der Waals surface area contributed by atoms with Crippen LogP contribution in [0.25, 0.3) is 0 Å². The van der Waals surface area contributed by atoms with E-state index in [9.17, 15) is 4.79 Å². The Hall–Kier alpha value is -2.21. The summed E-state index contributed by atoms with van der Waals surface area (Å²) in [7, 11) is 1.92. The lowest BCUT2D eigenvalue weighted by Crippen LogP contribution is -2.40. The summed E-state index contributed by atoms with van der Waals surface area (Å²) in [5, 5.41) is 8.26. The Morgan fingerprint density at radius 3 is 2.67 bits per heavy atom. The Morgan fingerprint density at radius 1 is 1.23 bits per heavy atom. The average Bonchev–Trinajstić information content (AvgIpc) is 3.14. The van der Waals surface area contributed by atoms with E-state index in [0.29, 0.717) is 42.9 Å². The van der Waals surface area contributed by atoms with Crippen molar-refractivity contribution in [2.45, 2.75) is 52.9 Å². The van der Waals surface area contributed by atoms with Gasteiger partial charge in [-0.3, -0.25) is 4.79 Å². The molecule has 6 nitrogen and oxygen atoms in total. The number of likely N-dealkylation sites (tertiary alicyclic amines) is 1. The normalized spacial score (nSPS) is 15.6. The lowest BCUT2D eigenvalue weighted by Gasteiger charge is -2.34. The van der Waals surface area contributed by atoms with Gasteiger partial charge in [0.2, 0.25) is 17.7 Å². The van der Waals surface area contributed by atoms with Gasteiger partial charge in [-0.15, -0.1) is 10.2 Å². The van der Waals surface area contributed by atoms with E-state index in [2.05, 4.69) is 54.1 Å². The van der Waals surface area contributed by atoms with Crippen LogP contribution >= 0.6 is 0 Å². The van der Waals surface area contributed by atoms with Crippen LogP contribution in [0.5, 0.6) is 0 Å². The predicted molar refractivity (Wildman–Crippen MR) is 118 cm³/mol. The Morgan fingerprint density at radius 2 is 1.97 bits per heavy atom. The molecule has 0 bridgehead atoms. The number of aromatic nitrogens is 2. The lowest BCUT2D eigenvalue weighted by atomic mass is 9.95. The van der Waals surface area contributed by atoms with E-state index in [1.165, 1.54) is 24.9 Å². The van der Waals surface area contributed by atoms with Crippen LogP contribution in [0.4, 0.5) is 0 Å². The smallest absolute Gasteiger partial charge is 0.222 e. The molecule has 0 aliphatic carbocycles. The number of rotatable bonds is 9. The summed E-state index contributed by atoms with van der Waals surface area (Å²) in [5.74, 6) is 2.61. The highest BCUT2D eigenvalue weighted by Gasteiger charge is 2.22. The van der Waals surface area contributed by atoms with Crippen molar-refractivity contribution >= 4 is 5.91 Å². The highest BCUT2D eigenvalue weighted by Crippen LogP contribution is 2.19. The van der Waals surface area contributed by atoms with Crippen LogP contribution in [-0.2, 0) is 17.6 Å².